The molecule has 0 aromatic heterocycles. The number of halogens is 4. The molecule has 1 nitrogen and oxygen atoms in total. The Morgan fingerprint density at radius 1 is 1.04 bits per heavy atom. The lowest BCUT2D eigenvalue weighted by Gasteiger charge is -2.28. The van der Waals surface area contributed by atoms with Gasteiger partial charge in [-0.05, 0) is 17.6 Å². The highest BCUT2D eigenvalue weighted by Gasteiger charge is 2.27. The average Bonchev–Trinajstić information content (AvgIpc) is 2.50. The van der Waals surface area contributed by atoms with Gasteiger partial charge in [0.25, 0.3) is 0 Å². The summed E-state index contributed by atoms with van der Waals surface area (Å²) in [4.78, 5) is -0.0620. The summed E-state index contributed by atoms with van der Waals surface area (Å²) >= 11 is 3.50. The van der Waals surface area contributed by atoms with Gasteiger partial charge in [-0.2, -0.15) is 0 Å². The van der Waals surface area contributed by atoms with E-state index in [9.17, 15) is 13.2 Å². The monoisotopic (exact) mass is 379 g/mol. The molecule has 1 aliphatic rings. The fraction of sp³-hybridized carbons (Fsp3) is 0.111. The number of alkyl halides is 1. The molecule has 0 bridgehead atoms. The number of hydrogen-bond donors (Lipinski definition) is 1. The largest absolute Gasteiger partial charge is 0.358 e. The Kier molecular flexibility index (Phi) is 4.31. The molecule has 2 aromatic carbocycles. The van der Waals surface area contributed by atoms with Crippen molar-refractivity contribution >= 4 is 27.2 Å². The Labute approximate surface area is 140 Å². The Morgan fingerprint density at radius 3 is 2.26 bits per heavy atom. The minimum atomic E-state index is -0.946. The average molecular weight is 380 g/mol. The highest BCUT2D eigenvalue weighted by Crippen LogP contribution is 2.38. The van der Waals surface area contributed by atoms with Crippen LogP contribution in [0.1, 0.15) is 17.5 Å². The van der Waals surface area contributed by atoms with Gasteiger partial charge in [0.15, 0.2) is 0 Å². The number of nitrogens with one attached hydrogen (secondary N) is 1. The third kappa shape index (κ3) is 3.06. The maximum atomic E-state index is 14.2. The molecule has 3 rings (SSSR count). The molecule has 1 aliphatic heterocycles. The molecule has 0 radical (unpaired) electrons. The van der Waals surface area contributed by atoms with Crippen molar-refractivity contribution in [3.05, 3.63) is 83.3 Å². The SMILES string of the molecule is C=C1NC(c2c(F)cc(F)cc2F)=C(c2ccccc2)CC1Br. The molecule has 0 spiro atoms. The summed E-state index contributed by atoms with van der Waals surface area (Å²) in [5.41, 5.74) is 2.19. The van der Waals surface area contributed by atoms with Gasteiger partial charge in [0, 0.05) is 17.8 Å². The number of benzene rings is 2. The summed E-state index contributed by atoms with van der Waals surface area (Å²) in [7, 11) is 0. The van der Waals surface area contributed by atoms with Crippen LogP contribution in [0.15, 0.2) is 54.7 Å². The second kappa shape index (κ2) is 6.24. The summed E-state index contributed by atoms with van der Waals surface area (Å²) in [5.74, 6) is -2.84. The van der Waals surface area contributed by atoms with Gasteiger partial charge >= 0.3 is 0 Å². The number of allylic oxidation sites excluding steroid dienone is 2. The summed E-state index contributed by atoms with van der Waals surface area (Å²) in [6.07, 6.45) is 0.515. The van der Waals surface area contributed by atoms with Gasteiger partial charge in [-0.1, -0.05) is 52.8 Å². The quantitative estimate of drug-likeness (QED) is 0.703. The Hall–Kier alpha value is -2.01. The maximum absolute atomic E-state index is 14.2. The molecule has 0 fully saturated rings. The highest BCUT2D eigenvalue weighted by atomic mass is 79.9. The number of rotatable bonds is 2. The van der Waals surface area contributed by atoms with Crippen molar-refractivity contribution in [3.8, 4) is 0 Å². The molecule has 1 N–H and O–H groups in total. The standard InChI is InChI=1S/C18H13BrF3N/c1-10-14(19)9-13(11-5-3-2-4-6-11)18(23-10)17-15(21)7-12(20)8-16(17)22/h2-8,14,23H,1,9H2. The van der Waals surface area contributed by atoms with E-state index in [4.69, 9.17) is 0 Å². The van der Waals surface area contributed by atoms with Gasteiger partial charge < -0.3 is 5.32 Å². The van der Waals surface area contributed by atoms with Crippen LogP contribution >= 0.6 is 15.9 Å². The summed E-state index contributed by atoms with van der Waals surface area (Å²) in [6, 6.07) is 10.7. The van der Waals surface area contributed by atoms with Crippen molar-refractivity contribution in [3.63, 3.8) is 0 Å². The van der Waals surface area contributed by atoms with Gasteiger partial charge in [0.05, 0.1) is 16.1 Å². The van der Waals surface area contributed by atoms with Crippen molar-refractivity contribution in [2.45, 2.75) is 11.2 Å². The van der Waals surface area contributed by atoms with Crippen molar-refractivity contribution in [2.24, 2.45) is 0 Å². The predicted octanol–water partition coefficient (Wildman–Crippen LogP) is 5.24. The molecule has 0 saturated carbocycles. The van der Waals surface area contributed by atoms with Crippen LogP contribution in [0.3, 0.4) is 0 Å². The lowest BCUT2D eigenvalue weighted by atomic mass is 9.91. The van der Waals surface area contributed by atoms with E-state index in [1.54, 1.807) is 0 Å². The maximum Gasteiger partial charge on any atom is 0.138 e. The topological polar surface area (TPSA) is 12.0 Å². The third-order valence-electron chi connectivity index (χ3n) is 3.73. The van der Waals surface area contributed by atoms with Crippen molar-refractivity contribution < 1.29 is 13.2 Å². The van der Waals surface area contributed by atoms with E-state index in [1.807, 2.05) is 30.3 Å². The van der Waals surface area contributed by atoms with E-state index in [2.05, 4.69) is 27.8 Å². The van der Waals surface area contributed by atoms with Gasteiger partial charge in [-0.3, -0.25) is 0 Å². The first-order chi connectivity index (χ1) is 11.0. The Morgan fingerprint density at radius 2 is 1.65 bits per heavy atom. The zero-order chi connectivity index (χ0) is 16.6. The first-order valence-corrected chi connectivity index (χ1v) is 7.92. The fourth-order valence-corrected chi connectivity index (χ4v) is 3.05. The second-order valence-corrected chi connectivity index (χ2v) is 6.39. The molecule has 1 unspecified atom stereocenters. The first-order valence-electron chi connectivity index (χ1n) is 7.00. The Bertz CT molecular complexity index is 776. The fourth-order valence-electron chi connectivity index (χ4n) is 2.61. The normalized spacial score (nSPS) is 18.1. The molecular formula is C18H13BrF3N. The van der Waals surface area contributed by atoms with Crippen LogP contribution in [0.25, 0.3) is 11.3 Å². The van der Waals surface area contributed by atoms with E-state index in [-0.39, 0.29) is 16.1 Å². The molecule has 0 amide bonds. The van der Waals surface area contributed by atoms with Crippen LogP contribution in [0.2, 0.25) is 0 Å². The summed E-state index contributed by atoms with van der Waals surface area (Å²) in [5, 5.41) is 2.97. The predicted molar refractivity (Wildman–Crippen MR) is 89.2 cm³/mol. The van der Waals surface area contributed by atoms with Crippen LogP contribution in [-0.2, 0) is 0 Å². The van der Waals surface area contributed by atoms with E-state index < -0.39 is 17.5 Å². The van der Waals surface area contributed by atoms with Crippen molar-refractivity contribution in [1.82, 2.24) is 5.32 Å². The lowest BCUT2D eigenvalue weighted by Crippen LogP contribution is -2.26. The summed E-state index contributed by atoms with van der Waals surface area (Å²) in [6.45, 7) is 3.86. The molecule has 0 aliphatic carbocycles. The molecule has 1 heterocycles. The third-order valence-corrected chi connectivity index (χ3v) is 4.60. The smallest absolute Gasteiger partial charge is 0.138 e. The van der Waals surface area contributed by atoms with Gasteiger partial charge in [0.2, 0.25) is 0 Å². The molecular weight excluding hydrogens is 367 g/mol. The lowest BCUT2D eigenvalue weighted by molar-refractivity contribution is 0.537. The van der Waals surface area contributed by atoms with E-state index >= 15 is 0 Å². The minimum Gasteiger partial charge on any atom is -0.358 e. The van der Waals surface area contributed by atoms with E-state index in [1.165, 1.54) is 0 Å². The van der Waals surface area contributed by atoms with Crippen molar-refractivity contribution in [1.29, 1.82) is 0 Å². The first kappa shape index (κ1) is 15.9. The highest BCUT2D eigenvalue weighted by molar-refractivity contribution is 9.09. The van der Waals surface area contributed by atoms with Crippen LogP contribution in [0, 0.1) is 17.5 Å². The van der Waals surface area contributed by atoms with Crippen LogP contribution in [-0.4, -0.2) is 4.83 Å². The van der Waals surface area contributed by atoms with Crippen LogP contribution < -0.4 is 5.32 Å². The molecule has 2 aromatic rings. The van der Waals surface area contributed by atoms with E-state index in [0.717, 1.165) is 11.1 Å². The summed E-state index contributed by atoms with van der Waals surface area (Å²) < 4.78 is 41.6. The van der Waals surface area contributed by atoms with Crippen molar-refractivity contribution in [2.75, 3.05) is 0 Å². The van der Waals surface area contributed by atoms with Crippen LogP contribution in [0.5, 0.6) is 0 Å². The minimum absolute atomic E-state index is 0.0620. The molecule has 118 valence electrons. The van der Waals surface area contributed by atoms with Crippen LogP contribution in [0.4, 0.5) is 13.2 Å². The molecule has 23 heavy (non-hydrogen) atoms. The van der Waals surface area contributed by atoms with Gasteiger partial charge in [-0.15, -0.1) is 0 Å². The number of hydrogen-bond acceptors (Lipinski definition) is 1. The van der Waals surface area contributed by atoms with E-state index in [0.29, 0.717) is 24.3 Å². The molecule has 1 atom stereocenters. The zero-order valence-corrected chi connectivity index (χ0v) is 13.6. The molecule has 5 heteroatoms. The van der Waals surface area contributed by atoms with Gasteiger partial charge in [0.1, 0.15) is 17.5 Å². The Balaban J connectivity index is 2.25. The zero-order valence-electron chi connectivity index (χ0n) is 12.0. The molecule has 0 saturated heterocycles. The second-order valence-electron chi connectivity index (χ2n) is 5.29. The van der Waals surface area contributed by atoms with Gasteiger partial charge in [-0.25, -0.2) is 13.2 Å².